The van der Waals surface area contributed by atoms with Gasteiger partial charge in [-0.05, 0) is 26.0 Å². The molecule has 114 valence electrons. The van der Waals surface area contributed by atoms with Crippen LogP contribution in [0, 0.1) is 10.1 Å². The fourth-order valence-electron chi connectivity index (χ4n) is 1.71. The summed E-state index contributed by atoms with van der Waals surface area (Å²) in [4.78, 5) is 33.9. The van der Waals surface area contributed by atoms with Crippen molar-refractivity contribution in [2.45, 2.75) is 19.9 Å². The van der Waals surface area contributed by atoms with E-state index in [1.165, 1.54) is 18.2 Å². The standard InChI is InChI=1S/C13H18N4O4/c1-4-15-12(18)8(2)16-13(19)9-5-6-10(14-3)11(7-9)17(20)21/h5-8,14H,4H2,1-3H3,(H,15,18)(H,16,19). The number of carbonyl (C=O) groups excluding carboxylic acids is 2. The van der Waals surface area contributed by atoms with Crippen LogP contribution >= 0.6 is 0 Å². The number of benzene rings is 1. The van der Waals surface area contributed by atoms with E-state index in [2.05, 4.69) is 16.0 Å². The van der Waals surface area contributed by atoms with Crippen molar-refractivity contribution in [1.29, 1.82) is 0 Å². The molecule has 1 atom stereocenters. The Kier molecular flexibility index (Phi) is 5.65. The highest BCUT2D eigenvalue weighted by molar-refractivity contribution is 5.98. The molecule has 8 heteroatoms. The summed E-state index contributed by atoms with van der Waals surface area (Å²) >= 11 is 0. The Morgan fingerprint density at radius 2 is 2.05 bits per heavy atom. The summed E-state index contributed by atoms with van der Waals surface area (Å²) in [5, 5.41) is 18.7. The Morgan fingerprint density at radius 3 is 2.57 bits per heavy atom. The third-order valence-corrected chi connectivity index (χ3v) is 2.82. The SMILES string of the molecule is CCNC(=O)C(C)NC(=O)c1ccc(NC)c([N+](=O)[O-])c1. The molecule has 3 N–H and O–H groups in total. The van der Waals surface area contributed by atoms with Gasteiger partial charge < -0.3 is 16.0 Å². The number of nitro groups is 1. The smallest absolute Gasteiger partial charge is 0.293 e. The number of hydrogen-bond acceptors (Lipinski definition) is 5. The van der Waals surface area contributed by atoms with Crippen LogP contribution < -0.4 is 16.0 Å². The number of nitrogens with zero attached hydrogens (tertiary/aromatic N) is 1. The van der Waals surface area contributed by atoms with Crippen molar-refractivity contribution in [3.8, 4) is 0 Å². The van der Waals surface area contributed by atoms with Crippen LogP contribution in [0.4, 0.5) is 11.4 Å². The molecule has 0 aliphatic carbocycles. The Morgan fingerprint density at radius 1 is 1.38 bits per heavy atom. The highest BCUT2D eigenvalue weighted by Gasteiger charge is 2.19. The fourth-order valence-corrected chi connectivity index (χ4v) is 1.71. The van der Waals surface area contributed by atoms with Crippen LogP contribution in [0.25, 0.3) is 0 Å². The van der Waals surface area contributed by atoms with E-state index < -0.39 is 16.9 Å². The second-order valence-electron chi connectivity index (χ2n) is 4.33. The number of carbonyl (C=O) groups is 2. The maximum Gasteiger partial charge on any atom is 0.293 e. The molecule has 0 spiro atoms. The molecule has 0 heterocycles. The lowest BCUT2D eigenvalue weighted by Crippen LogP contribution is -2.44. The quantitative estimate of drug-likeness (QED) is 0.532. The zero-order valence-corrected chi connectivity index (χ0v) is 12.1. The minimum Gasteiger partial charge on any atom is -0.383 e. The number of likely N-dealkylation sites (N-methyl/N-ethyl adjacent to an activating group) is 1. The van der Waals surface area contributed by atoms with E-state index in [4.69, 9.17) is 0 Å². The summed E-state index contributed by atoms with van der Waals surface area (Å²) in [7, 11) is 1.55. The zero-order valence-electron chi connectivity index (χ0n) is 12.1. The van der Waals surface area contributed by atoms with E-state index in [0.717, 1.165) is 0 Å². The second kappa shape index (κ2) is 7.22. The van der Waals surface area contributed by atoms with Gasteiger partial charge in [0, 0.05) is 25.2 Å². The third-order valence-electron chi connectivity index (χ3n) is 2.82. The average molecular weight is 294 g/mol. The first-order valence-corrected chi connectivity index (χ1v) is 6.45. The minimum atomic E-state index is -0.722. The maximum atomic E-state index is 12.0. The molecule has 0 aliphatic heterocycles. The van der Waals surface area contributed by atoms with Gasteiger partial charge in [-0.3, -0.25) is 19.7 Å². The summed E-state index contributed by atoms with van der Waals surface area (Å²) in [6.07, 6.45) is 0. The second-order valence-corrected chi connectivity index (χ2v) is 4.33. The molecular formula is C13H18N4O4. The van der Waals surface area contributed by atoms with Gasteiger partial charge in [-0.25, -0.2) is 0 Å². The van der Waals surface area contributed by atoms with Crippen LogP contribution in [0.15, 0.2) is 18.2 Å². The van der Waals surface area contributed by atoms with Crippen LogP contribution in [-0.4, -0.2) is 36.4 Å². The number of amides is 2. The van der Waals surface area contributed by atoms with Gasteiger partial charge >= 0.3 is 0 Å². The molecule has 0 aromatic heterocycles. The van der Waals surface area contributed by atoms with Crippen LogP contribution in [0.2, 0.25) is 0 Å². The van der Waals surface area contributed by atoms with Crippen molar-refractivity contribution in [2.24, 2.45) is 0 Å². The molecule has 0 aliphatic rings. The first kappa shape index (κ1) is 16.4. The Bertz CT molecular complexity index is 559. The molecule has 0 saturated carbocycles. The lowest BCUT2D eigenvalue weighted by molar-refractivity contribution is -0.384. The van der Waals surface area contributed by atoms with E-state index in [-0.39, 0.29) is 17.2 Å². The Labute approximate surface area is 122 Å². The molecule has 0 saturated heterocycles. The first-order chi connectivity index (χ1) is 9.90. The van der Waals surface area contributed by atoms with Gasteiger partial charge in [0.25, 0.3) is 11.6 Å². The van der Waals surface area contributed by atoms with Crippen molar-refractivity contribution in [3.63, 3.8) is 0 Å². The van der Waals surface area contributed by atoms with Crippen molar-refractivity contribution in [2.75, 3.05) is 18.9 Å². The maximum absolute atomic E-state index is 12.0. The normalized spacial score (nSPS) is 11.4. The molecule has 0 bridgehead atoms. The van der Waals surface area contributed by atoms with Crippen LogP contribution in [0.3, 0.4) is 0 Å². The van der Waals surface area contributed by atoms with E-state index in [1.807, 2.05) is 0 Å². The molecular weight excluding hydrogens is 276 g/mol. The monoisotopic (exact) mass is 294 g/mol. The zero-order chi connectivity index (χ0) is 16.0. The lowest BCUT2D eigenvalue weighted by Gasteiger charge is -2.13. The highest BCUT2D eigenvalue weighted by atomic mass is 16.6. The first-order valence-electron chi connectivity index (χ1n) is 6.45. The summed E-state index contributed by atoms with van der Waals surface area (Å²) < 4.78 is 0. The number of nitro benzene ring substituents is 1. The lowest BCUT2D eigenvalue weighted by atomic mass is 10.1. The van der Waals surface area contributed by atoms with Crippen molar-refractivity contribution in [1.82, 2.24) is 10.6 Å². The van der Waals surface area contributed by atoms with Gasteiger partial charge in [-0.1, -0.05) is 0 Å². The molecule has 0 fully saturated rings. The predicted octanol–water partition coefficient (Wildman–Crippen LogP) is 0.891. The molecule has 2 amide bonds. The van der Waals surface area contributed by atoms with Gasteiger partial charge in [-0.15, -0.1) is 0 Å². The van der Waals surface area contributed by atoms with Gasteiger partial charge in [0.2, 0.25) is 5.91 Å². The summed E-state index contributed by atoms with van der Waals surface area (Å²) in [5.41, 5.74) is 0.237. The van der Waals surface area contributed by atoms with Crippen LogP contribution in [0.1, 0.15) is 24.2 Å². The fraction of sp³-hybridized carbons (Fsp3) is 0.385. The molecule has 8 nitrogen and oxygen atoms in total. The molecule has 21 heavy (non-hydrogen) atoms. The van der Waals surface area contributed by atoms with E-state index in [0.29, 0.717) is 12.2 Å². The van der Waals surface area contributed by atoms with Crippen LogP contribution in [0.5, 0.6) is 0 Å². The topological polar surface area (TPSA) is 113 Å². The van der Waals surface area contributed by atoms with Crippen molar-refractivity contribution in [3.05, 3.63) is 33.9 Å². The number of anilines is 1. The van der Waals surface area contributed by atoms with E-state index >= 15 is 0 Å². The van der Waals surface area contributed by atoms with E-state index in [1.54, 1.807) is 20.9 Å². The Balaban J connectivity index is 2.90. The average Bonchev–Trinajstić information content (AvgIpc) is 2.46. The largest absolute Gasteiger partial charge is 0.383 e. The summed E-state index contributed by atoms with van der Waals surface area (Å²) in [6, 6.07) is 3.36. The number of rotatable bonds is 6. The highest BCUT2D eigenvalue weighted by Crippen LogP contribution is 2.24. The Hall–Kier alpha value is -2.64. The number of hydrogen-bond donors (Lipinski definition) is 3. The van der Waals surface area contributed by atoms with E-state index in [9.17, 15) is 19.7 Å². The molecule has 1 aromatic carbocycles. The minimum absolute atomic E-state index is 0.122. The molecule has 1 rings (SSSR count). The number of nitrogens with one attached hydrogen (secondary N) is 3. The summed E-state index contributed by atoms with van der Waals surface area (Å²) in [5.74, 6) is -0.855. The van der Waals surface area contributed by atoms with Gasteiger partial charge in [0.05, 0.1) is 4.92 Å². The third kappa shape index (κ3) is 4.16. The van der Waals surface area contributed by atoms with Gasteiger partial charge in [0.1, 0.15) is 11.7 Å². The van der Waals surface area contributed by atoms with Crippen molar-refractivity contribution < 1.29 is 14.5 Å². The predicted molar refractivity (Wildman–Crippen MR) is 78.3 cm³/mol. The molecule has 1 aromatic rings. The van der Waals surface area contributed by atoms with Gasteiger partial charge in [-0.2, -0.15) is 0 Å². The van der Waals surface area contributed by atoms with Crippen molar-refractivity contribution >= 4 is 23.2 Å². The summed E-state index contributed by atoms with van der Waals surface area (Å²) in [6.45, 7) is 3.77. The molecule has 1 unspecified atom stereocenters. The van der Waals surface area contributed by atoms with Gasteiger partial charge in [0.15, 0.2) is 0 Å². The van der Waals surface area contributed by atoms with Crippen LogP contribution in [-0.2, 0) is 4.79 Å². The molecule has 0 radical (unpaired) electrons.